The zero-order chi connectivity index (χ0) is 13.0. The van der Waals surface area contributed by atoms with E-state index >= 15 is 0 Å². The van der Waals surface area contributed by atoms with Gasteiger partial charge in [-0.3, -0.25) is 0 Å². The summed E-state index contributed by atoms with van der Waals surface area (Å²) >= 11 is 0. The lowest BCUT2D eigenvalue weighted by molar-refractivity contribution is 0.417. The second-order valence-corrected chi connectivity index (χ2v) is 10.0. The number of hydrogen-bond donors (Lipinski definition) is 1. The number of benzene rings is 2. The number of rotatable bonds is 4. The Labute approximate surface area is 111 Å². The lowest BCUT2D eigenvalue weighted by Crippen LogP contribution is -2.62. The molecule has 0 bridgehead atoms. The van der Waals surface area contributed by atoms with E-state index in [1.54, 1.807) is 0 Å². The van der Waals surface area contributed by atoms with Crippen molar-refractivity contribution >= 4 is 28.0 Å². The Morgan fingerprint density at radius 3 is 1.56 bits per heavy atom. The largest absolute Gasteiger partial charge is 0.433 e. The molecule has 0 aliphatic carbocycles. The normalized spacial score (nSPS) is 11.8. The topological polar surface area (TPSA) is 29.5 Å². The van der Waals surface area contributed by atoms with Crippen molar-refractivity contribution in [3.63, 3.8) is 0 Å². The monoisotopic (exact) mass is 274 g/mol. The minimum atomic E-state index is -3.00. The highest BCUT2D eigenvalue weighted by atomic mass is 28.4. The van der Waals surface area contributed by atoms with E-state index in [-0.39, 0.29) is 0 Å². The molecular weight excluding hydrogens is 256 g/mol. The smallest absolute Gasteiger partial charge is 0.393 e. The van der Waals surface area contributed by atoms with E-state index < -0.39 is 17.6 Å². The van der Waals surface area contributed by atoms with E-state index in [0.29, 0.717) is 0 Å². The van der Waals surface area contributed by atoms with Gasteiger partial charge in [0.25, 0.3) is 0 Å². The number of hydrogen-bond acceptors (Lipinski definition) is 2. The Bertz CT molecular complexity index is 446. The molecule has 2 aromatic carbocycles. The summed E-state index contributed by atoms with van der Waals surface area (Å²) in [6.45, 7) is 4.17. The molecule has 2 aromatic rings. The van der Waals surface area contributed by atoms with Crippen LogP contribution < -0.4 is 10.4 Å². The van der Waals surface area contributed by atoms with Crippen LogP contribution in [0.3, 0.4) is 0 Å². The van der Waals surface area contributed by atoms with Crippen molar-refractivity contribution in [2.24, 2.45) is 0 Å². The van der Waals surface area contributed by atoms with Crippen LogP contribution in [-0.2, 0) is 4.12 Å². The summed E-state index contributed by atoms with van der Waals surface area (Å²) in [6, 6.07) is 19.5. The maximum Gasteiger partial charge on any atom is 0.393 e. The molecule has 0 spiro atoms. The van der Waals surface area contributed by atoms with Crippen molar-refractivity contribution in [3.05, 3.63) is 60.7 Å². The quantitative estimate of drug-likeness (QED) is 0.850. The molecule has 0 saturated heterocycles. The van der Waals surface area contributed by atoms with Crippen LogP contribution in [0, 0.1) is 0 Å². The van der Waals surface area contributed by atoms with E-state index in [9.17, 15) is 4.80 Å². The van der Waals surface area contributed by atoms with Crippen LogP contribution in [0.1, 0.15) is 0 Å². The van der Waals surface area contributed by atoms with E-state index in [2.05, 4.69) is 13.1 Å². The molecular formula is C14H18O2Si2. The van der Waals surface area contributed by atoms with Crippen LogP contribution in [0.2, 0.25) is 13.1 Å². The first-order valence-corrected chi connectivity index (χ1v) is 10.8. The van der Waals surface area contributed by atoms with Gasteiger partial charge in [-0.05, 0) is 23.5 Å². The SMILES string of the molecule is C[SiH](C)O[Si](O)(c1ccccc1)c1ccccc1. The molecule has 18 heavy (non-hydrogen) atoms. The third-order valence-electron chi connectivity index (χ3n) is 2.74. The maximum atomic E-state index is 11.1. The van der Waals surface area contributed by atoms with Crippen LogP contribution >= 0.6 is 0 Å². The van der Waals surface area contributed by atoms with Crippen LogP contribution in [0.25, 0.3) is 0 Å². The zero-order valence-corrected chi connectivity index (χ0v) is 12.9. The Balaban J connectivity index is 2.48. The highest BCUT2D eigenvalue weighted by molar-refractivity contribution is 6.94. The van der Waals surface area contributed by atoms with Gasteiger partial charge < -0.3 is 8.91 Å². The van der Waals surface area contributed by atoms with Crippen molar-refractivity contribution in [3.8, 4) is 0 Å². The van der Waals surface area contributed by atoms with Gasteiger partial charge in [-0.15, -0.1) is 0 Å². The lowest BCUT2D eigenvalue weighted by Gasteiger charge is -2.28. The average Bonchev–Trinajstić information content (AvgIpc) is 2.40. The fraction of sp³-hybridized carbons (Fsp3) is 0.143. The Hall–Kier alpha value is -1.21. The van der Waals surface area contributed by atoms with Crippen molar-refractivity contribution in [2.45, 2.75) is 13.1 Å². The molecule has 0 amide bonds. The predicted molar refractivity (Wildman–Crippen MR) is 80.1 cm³/mol. The van der Waals surface area contributed by atoms with Gasteiger partial charge in [0.1, 0.15) is 0 Å². The highest BCUT2D eigenvalue weighted by Crippen LogP contribution is 2.06. The molecule has 0 unspecified atom stereocenters. The second-order valence-electron chi connectivity index (χ2n) is 4.54. The molecule has 0 saturated carbocycles. The van der Waals surface area contributed by atoms with Gasteiger partial charge in [-0.1, -0.05) is 60.7 Å². The van der Waals surface area contributed by atoms with Gasteiger partial charge in [0, 0.05) is 0 Å². The molecule has 0 aromatic heterocycles. The second kappa shape index (κ2) is 5.62. The van der Waals surface area contributed by atoms with Crippen LogP contribution in [-0.4, -0.2) is 22.4 Å². The first-order chi connectivity index (χ1) is 8.63. The van der Waals surface area contributed by atoms with Crippen molar-refractivity contribution in [1.82, 2.24) is 0 Å². The Morgan fingerprint density at radius 2 is 1.22 bits per heavy atom. The van der Waals surface area contributed by atoms with E-state index in [1.165, 1.54) is 0 Å². The minimum absolute atomic E-state index is 0.914. The van der Waals surface area contributed by atoms with Crippen molar-refractivity contribution in [2.75, 3.05) is 0 Å². The van der Waals surface area contributed by atoms with Gasteiger partial charge >= 0.3 is 8.56 Å². The van der Waals surface area contributed by atoms with Gasteiger partial charge in [0.15, 0.2) is 9.04 Å². The third kappa shape index (κ3) is 2.78. The van der Waals surface area contributed by atoms with E-state index in [4.69, 9.17) is 4.12 Å². The standard InChI is InChI=1S/C14H18O2Si2/c1-17(2)16-18(15,13-9-5-3-6-10-13)14-11-7-4-8-12-14/h3-12,15,17H,1-2H3. The van der Waals surface area contributed by atoms with Gasteiger partial charge in [0.2, 0.25) is 0 Å². The molecule has 94 valence electrons. The third-order valence-corrected chi connectivity index (χ3v) is 8.22. The summed E-state index contributed by atoms with van der Waals surface area (Å²) in [5.74, 6) is 0. The highest BCUT2D eigenvalue weighted by Gasteiger charge is 2.39. The molecule has 2 rings (SSSR count). The minimum Gasteiger partial charge on any atom is -0.433 e. The summed E-state index contributed by atoms with van der Waals surface area (Å²) < 4.78 is 6.04. The lowest BCUT2D eigenvalue weighted by atomic mass is 10.4. The molecule has 0 aliphatic rings. The summed E-state index contributed by atoms with van der Waals surface area (Å²) in [6.07, 6.45) is 0. The molecule has 0 atom stereocenters. The fourth-order valence-electron chi connectivity index (χ4n) is 1.97. The summed E-state index contributed by atoms with van der Waals surface area (Å²) in [4.78, 5) is 11.1. The fourth-order valence-corrected chi connectivity index (χ4v) is 7.41. The van der Waals surface area contributed by atoms with Crippen molar-refractivity contribution < 1.29 is 8.91 Å². The first kappa shape index (κ1) is 13.2. The summed E-state index contributed by atoms with van der Waals surface area (Å²) in [7, 11) is -4.33. The molecule has 4 heteroatoms. The first-order valence-electron chi connectivity index (χ1n) is 6.14. The van der Waals surface area contributed by atoms with E-state index in [1.807, 2.05) is 60.7 Å². The van der Waals surface area contributed by atoms with Gasteiger partial charge in [0.05, 0.1) is 0 Å². The maximum absolute atomic E-state index is 11.1. The van der Waals surface area contributed by atoms with Crippen molar-refractivity contribution in [1.29, 1.82) is 0 Å². The molecule has 2 nitrogen and oxygen atoms in total. The summed E-state index contributed by atoms with van der Waals surface area (Å²) in [5, 5.41) is 1.83. The van der Waals surface area contributed by atoms with Crippen LogP contribution in [0.4, 0.5) is 0 Å². The average molecular weight is 274 g/mol. The Morgan fingerprint density at radius 1 is 0.833 bits per heavy atom. The Kier molecular flexibility index (Phi) is 4.13. The summed E-state index contributed by atoms with van der Waals surface area (Å²) in [5.41, 5.74) is 0. The predicted octanol–water partition coefficient (Wildman–Crippen LogP) is 1.24. The molecule has 1 N–H and O–H groups in total. The van der Waals surface area contributed by atoms with Gasteiger partial charge in [-0.25, -0.2) is 0 Å². The molecule has 0 heterocycles. The molecule has 0 aliphatic heterocycles. The van der Waals surface area contributed by atoms with Crippen LogP contribution in [0.15, 0.2) is 60.7 Å². The molecule has 0 radical (unpaired) electrons. The van der Waals surface area contributed by atoms with Gasteiger partial charge in [-0.2, -0.15) is 0 Å². The van der Waals surface area contributed by atoms with E-state index in [0.717, 1.165) is 10.4 Å². The van der Waals surface area contributed by atoms with Crippen LogP contribution in [0.5, 0.6) is 0 Å². The molecule has 0 fully saturated rings. The zero-order valence-electron chi connectivity index (χ0n) is 10.7.